The smallest absolute Gasteiger partial charge is 0.119 e. The molecule has 1 aromatic rings. The van der Waals surface area contributed by atoms with E-state index in [0.29, 0.717) is 11.7 Å². The Labute approximate surface area is 131 Å². The molecule has 0 aliphatic carbocycles. The van der Waals surface area contributed by atoms with E-state index in [1.165, 1.54) is 63.4 Å². The van der Waals surface area contributed by atoms with Gasteiger partial charge in [0.2, 0.25) is 0 Å². The maximum Gasteiger partial charge on any atom is 0.119 e. The van der Waals surface area contributed by atoms with Gasteiger partial charge in [-0.1, -0.05) is 90.3 Å². The SMILES string of the molecule is CCCCCCC(c1ccccc1O)C(CCC)CCC. The van der Waals surface area contributed by atoms with Gasteiger partial charge in [0.15, 0.2) is 0 Å². The van der Waals surface area contributed by atoms with E-state index < -0.39 is 0 Å². The molecule has 0 heterocycles. The first-order valence-corrected chi connectivity index (χ1v) is 9.02. The molecule has 1 N–H and O–H groups in total. The monoisotopic (exact) mass is 290 g/mol. The molecule has 1 heteroatoms. The Kier molecular flexibility index (Phi) is 9.21. The molecule has 0 aliphatic heterocycles. The van der Waals surface area contributed by atoms with Gasteiger partial charge >= 0.3 is 0 Å². The molecule has 0 radical (unpaired) electrons. The second-order valence-electron chi connectivity index (χ2n) is 6.35. The lowest BCUT2D eigenvalue weighted by molar-refractivity contribution is 0.330. The number of aromatic hydroxyl groups is 1. The zero-order chi connectivity index (χ0) is 15.5. The molecule has 0 saturated carbocycles. The standard InChI is InChI=1S/C20H34O/c1-4-7-8-9-14-18(17(12-5-2)13-6-3)19-15-10-11-16-20(19)21/h10-11,15-18,21H,4-9,12-14H2,1-3H3. The van der Waals surface area contributed by atoms with Crippen molar-refractivity contribution >= 4 is 0 Å². The summed E-state index contributed by atoms with van der Waals surface area (Å²) in [5.74, 6) is 1.74. The van der Waals surface area contributed by atoms with Crippen molar-refractivity contribution in [2.24, 2.45) is 5.92 Å². The number of benzene rings is 1. The van der Waals surface area contributed by atoms with E-state index in [1.54, 1.807) is 0 Å². The van der Waals surface area contributed by atoms with Crippen LogP contribution in [-0.4, -0.2) is 5.11 Å². The molecule has 1 nitrogen and oxygen atoms in total. The van der Waals surface area contributed by atoms with Gasteiger partial charge in [-0.05, 0) is 29.9 Å². The van der Waals surface area contributed by atoms with E-state index >= 15 is 0 Å². The molecule has 21 heavy (non-hydrogen) atoms. The molecule has 0 bridgehead atoms. The van der Waals surface area contributed by atoms with Crippen molar-refractivity contribution < 1.29 is 5.11 Å². The number of rotatable bonds is 11. The molecule has 0 fully saturated rings. The molecular formula is C20H34O. The quantitative estimate of drug-likeness (QED) is 0.452. The number of hydrogen-bond donors (Lipinski definition) is 1. The second kappa shape index (κ2) is 10.7. The summed E-state index contributed by atoms with van der Waals surface area (Å²) in [6.45, 7) is 6.82. The van der Waals surface area contributed by atoms with Crippen molar-refractivity contribution in [3.8, 4) is 5.75 Å². The van der Waals surface area contributed by atoms with Crippen LogP contribution in [0.2, 0.25) is 0 Å². The number of unbranched alkanes of at least 4 members (excludes halogenated alkanes) is 3. The maximum absolute atomic E-state index is 10.3. The first-order chi connectivity index (χ1) is 10.2. The van der Waals surface area contributed by atoms with Crippen molar-refractivity contribution in [2.45, 2.75) is 84.5 Å². The van der Waals surface area contributed by atoms with Crippen molar-refractivity contribution in [2.75, 3.05) is 0 Å². The Balaban J connectivity index is 2.84. The van der Waals surface area contributed by atoms with Crippen molar-refractivity contribution in [1.29, 1.82) is 0 Å². The zero-order valence-corrected chi connectivity index (χ0v) is 14.3. The van der Waals surface area contributed by atoms with Gasteiger partial charge in [-0.25, -0.2) is 0 Å². The van der Waals surface area contributed by atoms with Crippen LogP contribution < -0.4 is 0 Å². The third-order valence-electron chi connectivity index (χ3n) is 4.59. The molecule has 0 spiro atoms. The summed E-state index contributed by atoms with van der Waals surface area (Å²) in [4.78, 5) is 0. The Morgan fingerprint density at radius 3 is 2.05 bits per heavy atom. The van der Waals surface area contributed by atoms with Gasteiger partial charge in [-0.2, -0.15) is 0 Å². The number of phenolic OH excluding ortho intramolecular Hbond substituents is 1. The molecule has 0 amide bonds. The van der Waals surface area contributed by atoms with E-state index in [4.69, 9.17) is 0 Å². The summed E-state index contributed by atoms with van der Waals surface area (Å²) in [5.41, 5.74) is 1.18. The van der Waals surface area contributed by atoms with Crippen molar-refractivity contribution in [3.05, 3.63) is 29.8 Å². The molecular weight excluding hydrogens is 256 g/mol. The van der Waals surface area contributed by atoms with Crippen LogP contribution in [0.4, 0.5) is 0 Å². The van der Waals surface area contributed by atoms with Crippen LogP contribution in [0.1, 0.15) is 90.0 Å². The average molecular weight is 290 g/mol. The Bertz CT molecular complexity index is 366. The fourth-order valence-corrected chi connectivity index (χ4v) is 3.53. The van der Waals surface area contributed by atoms with E-state index in [2.05, 4.69) is 32.9 Å². The number of phenols is 1. The predicted octanol–water partition coefficient (Wildman–Crippen LogP) is 6.66. The lowest BCUT2D eigenvalue weighted by Crippen LogP contribution is -2.13. The molecule has 1 rings (SSSR count). The maximum atomic E-state index is 10.3. The van der Waals surface area contributed by atoms with E-state index in [0.717, 1.165) is 5.92 Å². The Morgan fingerprint density at radius 2 is 1.48 bits per heavy atom. The highest BCUT2D eigenvalue weighted by atomic mass is 16.3. The van der Waals surface area contributed by atoms with E-state index in [-0.39, 0.29) is 0 Å². The molecule has 0 aliphatic rings. The fourth-order valence-electron chi connectivity index (χ4n) is 3.53. The van der Waals surface area contributed by atoms with Crippen molar-refractivity contribution in [1.82, 2.24) is 0 Å². The van der Waals surface area contributed by atoms with Crippen LogP contribution in [0.25, 0.3) is 0 Å². The summed E-state index contributed by atoms with van der Waals surface area (Å²) in [5, 5.41) is 10.3. The minimum Gasteiger partial charge on any atom is -0.508 e. The predicted molar refractivity (Wildman–Crippen MR) is 92.9 cm³/mol. The highest BCUT2D eigenvalue weighted by molar-refractivity contribution is 5.35. The first-order valence-electron chi connectivity index (χ1n) is 9.02. The number of para-hydroxylation sites is 1. The molecule has 0 aromatic heterocycles. The lowest BCUT2D eigenvalue weighted by atomic mass is 9.77. The first kappa shape index (κ1) is 18.1. The van der Waals surface area contributed by atoms with E-state index in [9.17, 15) is 5.11 Å². The summed E-state index contributed by atoms with van der Waals surface area (Å²) in [7, 11) is 0. The van der Waals surface area contributed by atoms with Gasteiger partial charge in [-0.3, -0.25) is 0 Å². The summed E-state index contributed by atoms with van der Waals surface area (Å²) in [6, 6.07) is 7.99. The van der Waals surface area contributed by atoms with Gasteiger partial charge < -0.3 is 5.11 Å². The topological polar surface area (TPSA) is 20.2 Å². The van der Waals surface area contributed by atoms with Gasteiger partial charge in [-0.15, -0.1) is 0 Å². The largest absolute Gasteiger partial charge is 0.508 e. The summed E-state index contributed by atoms with van der Waals surface area (Å²) < 4.78 is 0. The molecule has 1 atom stereocenters. The Morgan fingerprint density at radius 1 is 0.810 bits per heavy atom. The summed E-state index contributed by atoms with van der Waals surface area (Å²) >= 11 is 0. The average Bonchev–Trinajstić information content (AvgIpc) is 2.49. The molecule has 1 aromatic carbocycles. The van der Waals surface area contributed by atoms with Gasteiger partial charge in [0.05, 0.1) is 0 Å². The zero-order valence-electron chi connectivity index (χ0n) is 14.3. The molecule has 1 unspecified atom stereocenters. The highest BCUT2D eigenvalue weighted by Crippen LogP contribution is 2.39. The van der Waals surface area contributed by atoms with Crippen LogP contribution in [0.3, 0.4) is 0 Å². The highest BCUT2D eigenvalue weighted by Gasteiger charge is 2.23. The third-order valence-corrected chi connectivity index (χ3v) is 4.59. The van der Waals surface area contributed by atoms with Gasteiger partial charge in [0.25, 0.3) is 0 Å². The van der Waals surface area contributed by atoms with Gasteiger partial charge in [0.1, 0.15) is 5.75 Å². The molecule has 0 saturated heterocycles. The van der Waals surface area contributed by atoms with E-state index in [1.807, 2.05) is 12.1 Å². The minimum absolute atomic E-state index is 0.496. The number of hydrogen-bond acceptors (Lipinski definition) is 1. The van der Waals surface area contributed by atoms with Gasteiger partial charge in [0, 0.05) is 0 Å². The molecule has 120 valence electrons. The van der Waals surface area contributed by atoms with Crippen LogP contribution in [0.5, 0.6) is 5.75 Å². The normalized spacial score (nSPS) is 12.8. The summed E-state index contributed by atoms with van der Waals surface area (Å²) in [6.07, 6.45) is 11.5. The van der Waals surface area contributed by atoms with Crippen LogP contribution in [0.15, 0.2) is 24.3 Å². The van der Waals surface area contributed by atoms with Crippen LogP contribution >= 0.6 is 0 Å². The van der Waals surface area contributed by atoms with Crippen molar-refractivity contribution in [3.63, 3.8) is 0 Å². The second-order valence-corrected chi connectivity index (χ2v) is 6.35. The lowest BCUT2D eigenvalue weighted by Gasteiger charge is -2.28. The Hall–Kier alpha value is -0.980. The fraction of sp³-hybridized carbons (Fsp3) is 0.700. The third kappa shape index (κ3) is 6.11. The van der Waals surface area contributed by atoms with Crippen LogP contribution in [0, 0.1) is 5.92 Å². The van der Waals surface area contributed by atoms with Crippen LogP contribution in [-0.2, 0) is 0 Å². The minimum atomic E-state index is 0.496.